The van der Waals surface area contributed by atoms with Gasteiger partial charge in [-0.15, -0.1) is 0 Å². The summed E-state index contributed by atoms with van der Waals surface area (Å²) in [6.07, 6.45) is -6.58. The van der Waals surface area contributed by atoms with E-state index in [-0.39, 0.29) is 10.0 Å². The number of carbonyl (C=O) groups is 1. The average Bonchev–Trinajstić information content (AvgIpc) is 2.19. The quantitative estimate of drug-likeness (QED) is 0.731. The van der Waals surface area contributed by atoms with Gasteiger partial charge < -0.3 is 15.9 Å². The monoisotopic (exact) mass is 313 g/mol. The summed E-state index contributed by atoms with van der Waals surface area (Å²) in [7, 11) is 0. The van der Waals surface area contributed by atoms with Gasteiger partial charge in [-0.3, -0.25) is 0 Å². The van der Waals surface area contributed by atoms with Crippen molar-refractivity contribution in [1.29, 1.82) is 0 Å². The van der Waals surface area contributed by atoms with Crippen molar-refractivity contribution in [2.24, 2.45) is 0 Å². The van der Waals surface area contributed by atoms with Crippen molar-refractivity contribution < 1.29 is 28.2 Å². The molecule has 0 saturated heterocycles. The van der Waals surface area contributed by atoms with Crippen molar-refractivity contribution in [3.63, 3.8) is 0 Å². The minimum absolute atomic E-state index is 0.233. The molecule has 1 rings (SSSR count). The highest BCUT2D eigenvalue weighted by Gasteiger charge is 2.35. The Morgan fingerprint density at radius 3 is 2.35 bits per heavy atom. The van der Waals surface area contributed by atoms with Crippen molar-refractivity contribution in [2.45, 2.75) is 12.3 Å². The third-order valence-electron chi connectivity index (χ3n) is 2.04. The number of nitrogens with two attached hydrogens (primary N) is 1. The van der Waals surface area contributed by atoms with Gasteiger partial charge in [-0.1, -0.05) is 6.07 Å². The van der Waals surface area contributed by atoms with Crippen LogP contribution in [0.1, 0.15) is 17.2 Å². The number of rotatable bonds is 2. The Kier molecular flexibility index (Phi) is 3.68. The van der Waals surface area contributed by atoms with Gasteiger partial charge in [0.1, 0.15) is 0 Å². The van der Waals surface area contributed by atoms with Crippen LogP contribution in [0.15, 0.2) is 16.6 Å². The van der Waals surface area contributed by atoms with E-state index < -0.39 is 29.5 Å². The molecule has 8 heteroatoms. The summed E-state index contributed by atoms with van der Waals surface area (Å²) >= 11 is 2.74. The lowest BCUT2D eigenvalue weighted by atomic mass is 10.0. The van der Waals surface area contributed by atoms with Crippen molar-refractivity contribution in [3.05, 3.63) is 27.7 Å². The van der Waals surface area contributed by atoms with Gasteiger partial charge in [-0.05, 0) is 22.0 Å². The first-order valence-corrected chi connectivity index (χ1v) is 5.01. The Labute approximate surface area is 102 Å². The first-order chi connectivity index (χ1) is 7.66. The molecule has 0 heterocycles. The molecule has 17 heavy (non-hydrogen) atoms. The van der Waals surface area contributed by atoms with Gasteiger partial charge in [0.2, 0.25) is 0 Å². The van der Waals surface area contributed by atoms with E-state index in [1.165, 1.54) is 0 Å². The van der Waals surface area contributed by atoms with Crippen LogP contribution >= 0.6 is 15.9 Å². The summed E-state index contributed by atoms with van der Waals surface area (Å²) in [6, 6.07) is 1.49. The van der Waals surface area contributed by atoms with Crippen LogP contribution in [0.4, 0.5) is 18.9 Å². The first-order valence-electron chi connectivity index (χ1n) is 4.22. The number of anilines is 1. The summed E-state index contributed by atoms with van der Waals surface area (Å²) in [5.74, 6) is -1.58. The van der Waals surface area contributed by atoms with E-state index in [0.717, 1.165) is 6.07 Å². The van der Waals surface area contributed by atoms with Gasteiger partial charge in [0.25, 0.3) is 0 Å². The topological polar surface area (TPSA) is 83.5 Å². The molecule has 1 aromatic rings. The highest BCUT2D eigenvalue weighted by Crippen LogP contribution is 2.39. The molecule has 0 amide bonds. The molecular weight excluding hydrogens is 307 g/mol. The number of aliphatic hydroxyl groups excluding tert-OH is 1. The van der Waals surface area contributed by atoms with Crippen LogP contribution in [-0.2, 0) is 11.0 Å². The van der Waals surface area contributed by atoms with Gasteiger partial charge in [-0.2, -0.15) is 13.2 Å². The SMILES string of the molecule is Nc1c(C(F)(F)F)ccc(C(O)C(=O)O)c1Br. The van der Waals surface area contributed by atoms with E-state index in [1.807, 2.05) is 0 Å². The Hall–Kier alpha value is -1.28. The predicted molar refractivity (Wildman–Crippen MR) is 56.2 cm³/mol. The lowest BCUT2D eigenvalue weighted by Gasteiger charge is -2.15. The number of hydrogen-bond acceptors (Lipinski definition) is 3. The number of aliphatic carboxylic acids is 1. The minimum atomic E-state index is -4.64. The second-order valence-electron chi connectivity index (χ2n) is 3.17. The average molecular weight is 314 g/mol. The lowest BCUT2D eigenvalue weighted by Crippen LogP contribution is -2.15. The molecule has 0 bridgehead atoms. The van der Waals surface area contributed by atoms with Crippen LogP contribution in [0.25, 0.3) is 0 Å². The zero-order valence-electron chi connectivity index (χ0n) is 8.12. The third-order valence-corrected chi connectivity index (χ3v) is 2.93. The normalized spacial score (nSPS) is 13.5. The molecule has 0 saturated carbocycles. The molecule has 0 aliphatic carbocycles. The molecule has 1 unspecified atom stereocenters. The number of alkyl halides is 3. The fourth-order valence-corrected chi connectivity index (χ4v) is 1.76. The zero-order chi connectivity index (χ0) is 13.4. The smallest absolute Gasteiger partial charge is 0.418 e. The summed E-state index contributed by atoms with van der Waals surface area (Å²) in [5.41, 5.74) is 3.25. The van der Waals surface area contributed by atoms with Gasteiger partial charge >= 0.3 is 12.1 Å². The van der Waals surface area contributed by atoms with Crippen LogP contribution in [0, 0.1) is 0 Å². The maximum Gasteiger partial charge on any atom is 0.418 e. The fourth-order valence-electron chi connectivity index (χ4n) is 1.20. The maximum absolute atomic E-state index is 12.4. The number of benzene rings is 1. The molecule has 0 fully saturated rings. The van der Waals surface area contributed by atoms with Crippen molar-refractivity contribution in [2.75, 3.05) is 5.73 Å². The third kappa shape index (κ3) is 2.70. The van der Waals surface area contributed by atoms with Crippen LogP contribution in [0.5, 0.6) is 0 Å². The van der Waals surface area contributed by atoms with E-state index in [4.69, 9.17) is 10.8 Å². The Morgan fingerprint density at radius 1 is 1.41 bits per heavy atom. The number of nitrogen functional groups attached to an aromatic ring is 1. The lowest BCUT2D eigenvalue weighted by molar-refractivity contribution is -0.147. The van der Waals surface area contributed by atoms with E-state index in [9.17, 15) is 23.1 Å². The highest BCUT2D eigenvalue weighted by atomic mass is 79.9. The van der Waals surface area contributed by atoms with Crippen LogP contribution in [-0.4, -0.2) is 16.2 Å². The predicted octanol–water partition coefficient (Wildman–Crippen LogP) is 2.17. The second kappa shape index (κ2) is 4.53. The summed E-state index contributed by atoms with van der Waals surface area (Å²) in [6.45, 7) is 0. The number of hydrogen-bond donors (Lipinski definition) is 3. The molecular formula is C9H7BrF3NO3. The van der Waals surface area contributed by atoms with Gasteiger partial charge in [0, 0.05) is 10.0 Å². The molecule has 0 aliphatic heterocycles. The zero-order valence-corrected chi connectivity index (χ0v) is 9.71. The number of carboxylic acids is 1. The van der Waals surface area contributed by atoms with Crippen molar-refractivity contribution in [1.82, 2.24) is 0 Å². The molecule has 94 valence electrons. The van der Waals surface area contributed by atoms with E-state index in [2.05, 4.69) is 15.9 Å². The van der Waals surface area contributed by atoms with E-state index >= 15 is 0 Å². The number of carboxylic acid groups (broad SMARTS) is 1. The van der Waals surface area contributed by atoms with Gasteiger partial charge in [0.15, 0.2) is 6.10 Å². The minimum Gasteiger partial charge on any atom is -0.479 e. The maximum atomic E-state index is 12.4. The van der Waals surface area contributed by atoms with E-state index in [0.29, 0.717) is 6.07 Å². The van der Waals surface area contributed by atoms with Gasteiger partial charge in [-0.25, -0.2) is 4.79 Å². The number of halogens is 4. The highest BCUT2D eigenvalue weighted by molar-refractivity contribution is 9.10. The van der Waals surface area contributed by atoms with Crippen LogP contribution in [0.3, 0.4) is 0 Å². The van der Waals surface area contributed by atoms with Crippen molar-refractivity contribution >= 4 is 27.6 Å². The fraction of sp³-hybridized carbons (Fsp3) is 0.222. The first kappa shape index (κ1) is 13.8. The van der Waals surface area contributed by atoms with Crippen LogP contribution < -0.4 is 5.73 Å². The molecule has 4 nitrogen and oxygen atoms in total. The number of aliphatic hydroxyl groups is 1. The Balaban J connectivity index is 3.34. The Bertz CT molecular complexity index is 462. The van der Waals surface area contributed by atoms with Crippen LogP contribution in [0.2, 0.25) is 0 Å². The second-order valence-corrected chi connectivity index (χ2v) is 3.96. The molecule has 0 spiro atoms. The van der Waals surface area contributed by atoms with Gasteiger partial charge in [0.05, 0.1) is 11.3 Å². The molecule has 0 radical (unpaired) electrons. The molecule has 0 aromatic heterocycles. The Morgan fingerprint density at radius 2 is 1.94 bits per heavy atom. The van der Waals surface area contributed by atoms with Crippen molar-refractivity contribution in [3.8, 4) is 0 Å². The van der Waals surface area contributed by atoms with E-state index in [1.54, 1.807) is 0 Å². The summed E-state index contributed by atoms with van der Waals surface area (Å²) in [5, 5.41) is 17.8. The molecule has 0 aliphatic rings. The summed E-state index contributed by atoms with van der Waals surface area (Å²) in [4.78, 5) is 10.5. The molecule has 1 aromatic carbocycles. The molecule has 1 atom stereocenters. The standard InChI is InChI=1S/C9H7BrF3NO3/c10-5-3(7(15)8(16)17)1-2-4(6(5)14)9(11,12)13/h1-2,7,15H,14H2,(H,16,17). The largest absolute Gasteiger partial charge is 0.479 e. The summed E-state index contributed by atoms with van der Waals surface area (Å²) < 4.78 is 37.0. The molecule has 4 N–H and O–H groups in total.